The lowest BCUT2D eigenvalue weighted by Crippen LogP contribution is -2.01. The smallest absolute Gasteiger partial charge is 0.311 e. The molecule has 2 heterocycles. The van der Waals surface area contributed by atoms with E-state index in [0.717, 1.165) is 11.6 Å². The number of halogens is 1. The molecule has 0 saturated carbocycles. The summed E-state index contributed by atoms with van der Waals surface area (Å²) in [6.45, 7) is 0. The van der Waals surface area contributed by atoms with Crippen molar-refractivity contribution in [2.45, 2.75) is 0 Å². The van der Waals surface area contributed by atoms with Gasteiger partial charge in [0.2, 0.25) is 11.8 Å². The summed E-state index contributed by atoms with van der Waals surface area (Å²) in [4.78, 5) is 18.4. The molecule has 0 aliphatic carbocycles. The van der Waals surface area contributed by atoms with Gasteiger partial charge in [0.15, 0.2) is 0 Å². The third-order valence-corrected chi connectivity index (χ3v) is 3.13. The first kappa shape index (κ1) is 14.6. The van der Waals surface area contributed by atoms with Crippen LogP contribution in [-0.4, -0.2) is 14.9 Å². The summed E-state index contributed by atoms with van der Waals surface area (Å²) in [6.07, 6.45) is 1.25. The lowest BCUT2D eigenvalue weighted by molar-refractivity contribution is -0.384. The van der Waals surface area contributed by atoms with Crippen LogP contribution in [0.3, 0.4) is 0 Å². The molecule has 0 aliphatic heterocycles. The van der Waals surface area contributed by atoms with Crippen LogP contribution in [0.4, 0.5) is 21.6 Å². The van der Waals surface area contributed by atoms with Gasteiger partial charge in [0.25, 0.3) is 0 Å². The number of nitro groups is 1. The quantitative estimate of drug-likeness (QED) is 0.448. The molecular formula is C16H11FN4O2. The minimum absolute atomic E-state index is 0.0739. The van der Waals surface area contributed by atoms with Gasteiger partial charge in [-0.2, -0.15) is 4.39 Å². The molecule has 2 aromatic heterocycles. The van der Waals surface area contributed by atoms with Gasteiger partial charge in [0, 0.05) is 11.6 Å². The maximum Gasteiger partial charge on any atom is 0.311 e. The van der Waals surface area contributed by atoms with Gasteiger partial charge in [-0.15, -0.1) is 0 Å². The van der Waals surface area contributed by atoms with E-state index in [1.807, 2.05) is 30.3 Å². The average molecular weight is 310 g/mol. The zero-order chi connectivity index (χ0) is 16.2. The van der Waals surface area contributed by atoms with E-state index in [1.54, 1.807) is 6.07 Å². The second-order valence-electron chi connectivity index (χ2n) is 4.68. The molecule has 6 nitrogen and oxygen atoms in total. The van der Waals surface area contributed by atoms with Crippen LogP contribution < -0.4 is 5.32 Å². The Bertz CT molecular complexity index is 838. The summed E-state index contributed by atoms with van der Waals surface area (Å²) in [6, 6.07) is 14.9. The maximum absolute atomic E-state index is 12.9. The zero-order valence-corrected chi connectivity index (χ0v) is 11.8. The third-order valence-electron chi connectivity index (χ3n) is 3.13. The highest BCUT2D eigenvalue weighted by atomic mass is 19.1. The van der Waals surface area contributed by atoms with Gasteiger partial charge >= 0.3 is 5.69 Å². The molecule has 0 fully saturated rings. The van der Waals surface area contributed by atoms with E-state index >= 15 is 0 Å². The van der Waals surface area contributed by atoms with E-state index in [4.69, 9.17) is 0 Å². The summed E-state index contributed by atoms with van der Waals surface area (Å²) in [5.41, 5.74) is 1.66. The molecule has 0 aliphatic rings. The molecule has 3 rings (SSSR count). The topological polar surface area (TPSA) is 81.0 Å². The Hall–Kier alpha value is -3.35. The Morgan fingerprint density at radius 2 is 1.83 bits per heavy atom. The second-order valence-corrected chi connectivity index (χ2v) is 4.68. The molecule has 7 heteroatoms. The molecule has 0 saturated heterocycles. The molecule has 1 aromatic carbocycles. The van der Waals surface area contributed by atoms with Crippen molar-refractivity contribution < 1.29 is 9.31 Å². The van der Waals surface area contributed by atoms with Gasteiger partial charge in [-0.05, 0) is 18.2 Å². The molecule has 23 heavy (non-hydrogen) atoms. The lowest BCUT2D eigenvalue weighted by Gasteiger charge is -2.08. The number of hydrogen-bond acceptors (Lipinski definition) is 5. The number of hydrogen-bond donors (Lipinski definition) is 1. The molecule has 0 spiro atoms. The van der Waals surface area contributed by atoms with Crippen LogP contribution in [0.1, 0.15) is 0 Å². The van der Waals surface area contributed by atoms with Crippen LogP contribution in [0.5, 0.6) is 0 Å². The fraction of sp³-hybridized carbons (Fsp3) is 0. The molecular weight excluding hydrogens is 299 g/mol. The maximum atomic E-state index is 12.9. The van der Waals surface area contributed by atoms with E-state index in [2.05, 4.69) is 15.3 Å². The minimum atomic E-state index is -0.629. The summed E-state index contributed by atoms with van der Waals surface area (Å²) < 4.78 is 12.9. The highest BCUT2D eigenvalue weighted by Gasteiger charge is 2.17. The van der Waals surface area contributed by atoms with Gasteiger partial charge in [-0.25, -0.2) is 9.97 Å². The first-order valence-electron chi connectivity index (χ1n) is 6.73. The van der Waals surface area contributed by atoms with Gasteiger partial charge < -0.3 is 5.32 Å². The van der Waals surface area contributed by atoms with Gasteiger partial charge in [-0.1, -0.05) is 30.3 Å². The van der Waals surface area contributed by atoms with Crippen molar-refractivity contribution in [2.75, 3.05) is 5.32 Å². The van der Waals surface area contributed by atoms with E-state index in [-0.39, 0.29) is 11.5 Å². The van der Waals surface area contributed by atoms with E-state index < -0.39 is 10.9 Å². The van der Waals surface area contributed by atoms with Crippen molar-refractivity contribution in [3.8, 4) is 11.3 Å². The summed E-state index contributed by atoms with van der Waals surface area (Å²) in [5.74, 6) is -0.555. The van der Waals surface area contributed by atoms with Crippen molar-refractivity contribution >= 4 is 17.2 Å². The van der Waals surface area contributed by atoms with E-state index in [9.17, 15) is 14.5 Å². The van der Waals surface area contributed by atoms with Gasteiger partial charge in [-0.3, -0.25) is 10.1 Å². The van der Waals surface area contributed by atoms with Crippen molar-refractivity contribution in [1.29, 1.82) is 0 Å². The first-order valence-corrected chi connectivity index (χ1v) is 6.73. The Balaban J connectivity index is 2.01. The predicted molar refractivity (Wildman–Crippen MR) is 83.8 cm³/mol. The van der Waals surface area contributed by atoms with Crippen LogP contribution in [0.2, 0.25) is 0 Å². The summed E-state index contributed by atoms with van der Waals surface area (Å²) in [7, 11) is 0. The number of nitrogens with zero attached hydrogens (tertiary/aromatic N) is 3. The van der Waals surface area contributed by atoms with Crippen molar-refractivity contribution in [2.24, 2.45) is 0 Å². The Morgan fingerprint density at radius 1 is 1.04 bits per heavy atom. The lowest BCUT2D eigenvalue weighted by atomic mass is 10.1. The fourth-order valence-electron chi connectivity index (χ4n) is 2.05. The molecule has 0 atom stereocenters. The van der Waals surface area contributed by atoms with Crippen LogP contribution in [0, 0.1) is 16.1 Å². The second kappa shape index (κ2) is 6.18. The Kier molecular flexibility index (Phi) is 3.92. The summed E-state index contributed by atoms with van der Waals surface area (Å²) >= 11 is 0. The highest BCUT2D eigenvalue weighted by molar-refractivity contribution is 5.70. The number of benzene rings is 1. The molecule has 3 aromatic rings. The number of aromatic nitrogens is 2. The number of anilines is 2. The Labute approximate surface area is 130 Å². The third kappa shape index (κ3) is 3.29. The number of nitrogens with one attached hydrogen (secondary N) is 1. The van der Waals surface area contributed by atoms with E-state index in [0.29, 0.717) is 11.4 Å². The molecule has 0 bridgehead atoms. The first-order chi connectivity index (χ1) is 11.1. The standard InChI is InChI=1S/C16H11FN4O2/c17-15-9-6-12(10-18-15)19-16-14(21(22)23)8-7-13(20-16)11-4-2-1-3-5-11/h1-10H,(H,19,20). The van der Waals surface area contributed by atoms with Crippen LogP contribution in [-0.2, 0) is 0 Å². The van der Waals surface area contributed by atoms with Gasteiger partial charge in [0.1, 0.15) is 0 Å². The predicted octanol–water partition coefficient (Wildman–Crippen LogP) is 3.93. The van der Waals surface area contributed by atoms with Crippen molar-refractivity contribution in [3.63, 3.8) is 0 Å². The number of pyridine rings is 2. The van der Waals surface area contributed by atoms with Gasteiger partial charge in [0.05, 0.1) is 22.5 Å². The van der Waals surface area contributed by atoms with E-state index in [1.165, 1.54) is 18.3 Å². The number of rotatable bonds is 4. The van der Waals surface area contributed by atoms with Crippen molar-refractivity contribution in [3.05, 3.63) is 76.9 Å². The molecule has 0 radical (unpaired) electrons. The minimum Gasteiger partial charge on any atom is -0.333 e. The highest BCUT2D eigenvalue weighted by Crippen LogP contribution is 2.29. The molecule has 0 amide bonds. The van der Waals surface area contributed by atoms with Crippen LogP contribution in [0.25, 0.3) is 11.3 Å². The fourth-order valence-corrected chi connectivity index (χ4v) is 2.05. The SMILES string of the molecule is O=[N+]([O-])c1ccc(-c2ccccc2)nc1Nc1ccc(F)nc1. The Morgan fingerprint density at radius 3 is 2.48 bits per heavy atom. The van der Waals surface area contributed by atoms with Crippen molar-refractivity contribution in [1.82, 2.24) is 9.97 Å². The van der Waals surface area contributed by atoms with Crippen LogP contribution in [0.15, 0.2) is 60.8 Å². The molecule has 0 unspecified atom stereocenters. The zero-order valence-electron chi connectivity index (χ0n) is 11.8. The normalized spacial score (nSPS) is 10.3. The average Bonchev–Trinajstić information content (AvgIpc) is 2.57. The summed E-state index contributed by atoms with van der Waals surface area (Å²) in [5, 5.41) is 14.0. The largest absolute Gasteiger partial charge is 0.333 e. The monoisotopic (exact) mass is 310 g/mol. The van der Waals surface area contributed by atoms with Crippen LogP contribution >= 0.6 is 0 Å². The molecule has 114 valence electrons. The molecule has 1 N–H and O–H groups in total.